The molecule has 0 unspecified atom stereocenters. The summed E-state index contributed by atoms with van der Waals surface area (Å²) in [5.41, 5.74) is 0. The van der Waals surface area contributed by atoms with Crippen molar-refractivity contribution >= 4 is 0 Å². The van der Waals surface area contributed by atoms with E-state index in [0.717, 1.165) is 43.0 Å². The van der Waals surface area contributed by atoms with Gasteiger partial charge in [0.15, 0.2) is 5.82 Å². The zero-order valence-electron chi connectivity index (χ0n) is 13.9. The van der Waals surface area contributed by atoms with Crippen LogP contribution in [0.2, 0.25) is 0 Å². The molecule has 1 saturated carbocycles. The molecule has 2 fully saturated rings. The third-order valence-electron chi connectivity index (χ3n) is 4.86. The zero-order chi connectivity index (χ0) is 15.8. The molecule has 0 spiro atoms. The monoisotopic (exact) mass is 316 g/mol. The van der Waals surface area contributed by atoms with Crippen LogP contribution in [-0.4, -0.2) is 42.4 Å². The van der Waals surface area contributed by atoms with Gasteiger partial charge in [-0.1, -0.05) is 11.6 Å². The molecular formula is C16H24N6O. The summed E-state index contributed by atoms with van der Waals surface area (Å²) in [6, 6.07) is 0.458. The van der Waals surface area contributed by atoms with Gasteiger partial charge in [-0.2, -0.15) is 10.1 Å². The van der Waals surface area contributed by atoms with Crippen LogP contribution in [0.4, 0.5) is 0 Å². The van der Waals surface area contributed by atoms with E-state index >= 15 is 0 Å². The second-order valence-corrected chi connectivity index (χ2v) is 6.83. The number of piperidine rings is 1. The van der Waals surface area contributed by atoms with E-state index in [1.165, 1.54) is 32.1 Å². The first-order chi connectivity index (χ1) is 11.2. The van der Waals surface area contributed by atoms with Crippen molar-refractivity contribution in [2.24, 2.45) is 0 Å². The van der Waals surface area contributed by atoms with E-state index in [1.54, 1.807) is 0 Å². The first kappa shape index (κ1) is 14.8. The molecule has 1 aliphatic heterocycles. The molecule has 0 N–H and O–H groups in total. The van der Waals surface area contributed by atoms with Gasteiger partial charge in [-0.3, -0.25) is 4.90 Å². The molecule has 1 atom stereocenters. The van der Waals surface area contributed by atoms with Gasteiger partial charge in [0.25, 0.3) is 0 Å². The molecule has 0 amide bonds. The fourth-order valence-electron chi connectivity index (χ4n) is 3.42. The van der Waals surface area contributed by atoms with E-state index in [9.17, 15) is 0 Å². The Bertz CT molecular complexity index is 674. The number of aromatic nitrogens is 5. The zero-order valence-corrected chi connectivity index (χ0v) is 13.9. The number of aryl methyl sites for hydroxylation is 2. The lowest BCUT2D eigenvalue weighted by molar-refractivity contribution is 0.107. The maximum atomic E-state index is 5.46. The molecule has 0 bridgehead atoms. The molecule has 124 valence electrons. The van der Waals surface area contributed by atoms with Crippen molar-refractivity contribution in [2.75, 3.05) is 6.54 Å². The van der Waals surface area contributed by atoms with Crippen LogP contribution in [-0.2, 0) is 13.1 Å². The highest BCUT2D eigenvalue weighted by atomic mass is 16.5. The largest absolute Gasteiger partial charge is 0.338 e. The van der Waals surface area contributed by atoms with Crippen molar-refractivity contribution in [1.82, 2.24) is 29.8 Å². The van der Waals surface area contributed by atoms with Gasteiger partial charge in [-0.25, -0.2) is 9.67 Å². The maximum absolute atomic E-state index is 5.46. The summed E-state index contributed by atoms with van der Waals surface area (Å²) in [6.45, 7) is 6.68. The van der Waals surface area contributed by atoms with Gasteiger partial charge < -0.3 is 4.52 Å². The number of nitrogens with zero attached hydrogens (tertiary/aromatic N) is 6. The molecule has 0 radical (unpaired) electrons. The topological polar surface area (TPSA) is 72.9 Å². The van der Waals surface area contributed by atoms with Crippen molar-refractivity contribution < 1.29 is 4.52 Å². The maximum Gasteiger partial charge on any atom is 0.240 e. The summed E-state index contributed by atoms with van der Waals surface area (Å²) < 4.78 is 7.49. The van der Waals surface area contributed by atoms with Crippen LogP contribution in [0.25, 0.3) is 0 Å². The molecular weight excluding hydrogens is 292 g/mol. The normalized spacial score (nSPS) is 22.6. The Hall–Kier alpha value is -1.76. The van der Waals surface area contributed by atoms with Crippen LogP contribution in [0, 0.1) is 13.8 Å². The van der Waals surface area contributed by atoms with E-state index in [0.29, 0.717) is 12.0 Å². The van der Waals surface area contributed by atoms with Gasteiger partial charge in [-0.05, 0) is 46.1 Å². The van der Waals surface area contributed by atoms with Gasteiger partial charge >= 0.3 is 0 Å². The summed E-state index contributed by atoms with van der Waals surface area (Å²) in [7, 11) is 0. The van der Waals surface area contributed by atoms with E-state index < -0.39 is 0 Å². The predicted octanol–water partition coefficient (Wildman–Crippen LogP) is 2.21. The summed E-state index contributed by atoms with van der Waals surface area (Å²) in [4.78, 5) is 11.4. The third-order valence-corrected chi connectivity index (χ3v) is 4.86. The van der Waals surface area contributed by atoms with Gasteiger partial charge in [0.2, 0.25) is 5.89 Å². The minimum atomic E-state index is 0.458. The van der Waals surface area contributed by atoms with Crippen LogP contribution in [0.15, 0.2) is 4.52 Å². The lowest BCUT2D eigenvalue weighted by Crippen LogP contribution is -2.42. The molecule has 2 aliphatic rings. The van der Waals surface area contributed by atoms with Crippen LogP contribution in [0.3, 0.4) is 0 Å². The SMILES string of the molecule is Cc1nc(C)n(C[C@H]2CCCCN2Cc2nc(C3CC3)no2)n1. The fourth-order valence-corrected chi connectivity index (χ4v) is 3.42. The second kappa shape index (κ2) is 6.03. The average molecular weight is 316 g/mol. The van der Waals surface area contributed by atoms with Crippen molar-refractivity contribution in [1.29, 1.82) is 0 Å². The molecule has 1 aliphatic carbocycles. The summed E-state index contributed by atoms with van der Waals surface area (Å²) >= 11 is 0. The minimum absolute atomic E-state index is 0.458. The van der Waals surface area contributed by atoms with Gasteiger partial charge in [0, 0.05) is 12.0 Å². The van der Waals surface area contributed by atoms with Crippen LogP contribution >= 0.6 is 0 Å². The molecule has 23 heavy (non-hydrogen) atoms. The standard InChI is InChI=1S/C16H24N6O/c1-11-17-12(2)22(19-11)9-14-5-3-4-8-21(14)10-15-18-16(20-23-15)13-6-7-13/h13-14H,3-10H2,1-2H3/t14-/m1/s1. The van der Waals surface area contributed by atoms with E-state index in [1.807, 2.05) is 18.5 Å². The number of rotatable bonds is 5. The molecule has 7 heteroatoms. The molecule has 4 rings (SSSR count). The Balaban J connectivity index is 1.44. The van der Waals surface area contributed by atoms with Crippen LogP contribution in [0.5, 0.6) is 0 Å². The quantitative estimate of drug-likeness (QED) is 0.842. The highest BCUT2D eigenvalue weighted by Gasteiger charge is 2.30. The number of hydrogen-bond donors (Lipinski definition) is 0. The Morgan fingerprint density at radius 2 is 2.00 bits per heavy atom. The van der Waals surface area contributed by atoms with Crippen LogP contribution < -0.4 is 0 Å². The smallest absolute Gasteiger partial charge is 0.240 e. The van der Waals surface area contributed by atoms with E-state index in [-0.39, 0.29) is 0 Å². The van der Waals surface area contributed by atoms with Crippen molar-refractivity contribution in [3.05, 3.63) is 23.4 Å². The summed E-state index contributed by atoms with van der Waals surface area (Å²) in [5, 5.41) is 8.64. The molecule has 1 saturated heterocycles. The lowest BCUT2D eigenvalue weighted by atomic mass is 10.0. The van der Waals surface area contributed by atoms with Crippen LogP contribution in [0.1, 0.15) is 61.4 Å². The summed E-state index contributed by atoms with van der Waals surface area (Å²) in [5.74, 6) is 4.03. The Labute approximate surface area is 136 Å². The molecule has 2 aromatic heterocycles. The molecule has 0 aromatic carbocycles. The van der Waals surface area contributed by atoms with Crippen molar-refractivity contribution in [3.63, 3.8) is 0 Å². The van der Waals surface area contributed by atoms with Gasteiger partial charge in [0.05, 0.1) is 13.1 Å². The van der Waals surface area contributed by atoms with Crippen molar-refractivity contribution in [3.8, 4) is 0 Å². The first-order valence-electron chi connectivity index (χ1n) is 8.63. The minimum Gasteiger partial charge on any atom is -0.338 e. The van der Waals surface area contributed by atoms with Crippen molar-refractivity contribution in [2.45, 2.75) is 71.0 Å². The Morgan fingerprint density at radius 1 is 1.13 bits per heavy atom. The first-order valence-corrected chi connectivity index (χ1v) is 8.63. The summed E-state index contributed by atoms with van der Waals surface area (Å²) in [6.07, 6.45) is 6.09. The fraction of sp³-hybridized carbons (Fsp3) is 0.750. The Morgan fingerprint density at radius 3 is 2.74 bits per heavy atom. The Kier molecular flexibility index (Phi) is 3.88. The highest BCUT2D eigenvalue weighted by molar-refractivity contribution is 5.03. The van der Waals surface area contributed by atoms with E-state index in [4.69, 9.17) is 4.52 Å². The number of likely N-dealkylation sites (tertiary alicyclic amines) is 1. The van der Waals surface area contributed by atoms with Gasteiger partial charge in [0.1, 0.15) is 11.6 Å². The number of hydrogen-bond acceptors (Lipinski definition) is 6. The highest BCUT2D eigenvalue weighted by Crippen LogP contribution is 2.38. The molecule has 7 nitrogen and oxygen atoms in total. The second-order valence-electron chi connectivity index (χ2n) is 6.83. The third kappa shape index (κ3) is 3.29. The molecule has 3 heterocycles. The van der Waals surface area contributed by atoms with Gasteiger partial charge in [-0.15, -0.1) is 0 Å². The lowest BCUT2D eigenvalue weighted by Gasteiger charge is -2.34. The predicted molar refractivity (Wildman–Crippen MR) is 83.8 cm³/mol. The average Bonchev–Trinajstić information content (AvgIpc) is 3.20. The molecule has 2 aromatic rings. The van der Waals surface area contributed by atoms with E-state index in [2.05, 4.69) is 25.1 Å².